The zero-order valence-electron chi connectivity index (χ0n) is 16.5. The largest absolute Gasteiger partial charge is 0.332 e. The maximum atomic E-state index is 13.4. The maximum absolute atomic E-state index is 13.4. The lowest BCUT2D eigenvalue weighted by Gasteiger charge is -2.09. The molecular formula is C22H11Cl4N5O2. The van der Waals surface area contributed by atoms with Crippen LogP contribution in [0.15, 0.2) is 59.5 Å². The van der Waals surface area contributed by atoms with Gasteiger partial charge in [-0.3, -0.25) is 4.79 Å². The minimum Gasteiger partial charge on any atom is -0.332 e. The normalized spacial score (nSPS) is 11.3. The van der Waals surface area contributed by atoms with Gasteiger partial charge in [0.2, 0.25) is 11.6 Å². The van der Waals surface area contributed by atoms with E-state index in [2.05, 4.69) is 20.1 Å². The highest BCUT2D eigenvalue weighted by molar-refractivity contribution is 6.38. The van der Waals surface area contributed by atoms with Crippen LogP contribution in [0.25, 0.3) is 22.5 Å². The Hall–Kier alpha value is -2.97. The highest BCUT2D eigenvalue weighted by Crippen LogP contribution is 2.35. The molecule has 3 heterocycles. The Morgan fingerprint density at radius 3 is 2.55 bits per heavy atom. The number of hydrogen-bond acceptors (Lipinski definition) is 6. The summed E-state index contributed by atoms with van der Waals surface area (Å²) < 4.78 is 6.99. The number of hydrogen-bond donors (Lipinski definition) is 0. The first kappa shape index (κ1) is 21.9. The Morgan fingerprint density at radius 1 is 1.00 bits per heavy atom. The van der Waals surface area contributed by atoms with Crippen molar-refractivity contribution >= 4 is 63.1 Å². The summed E-state index contributed by atoms with van der Waals surface area (Å²) >= 11 is 25.3. The first-order valence-corrected chi connectivity index (χ1v) is 11.0. The van der Waals surface area contributed by atoms with Crippen LogP contribution in [0.3, 0.4) is 0 Å². The van der Waals surface area contributed by atoms with Crippen LogP contribution in [-0.4, -0.2) is 30.5 Å². The molecule has 33 heavy (non-hydrogen) atoms. The topological polar surface area (TPSA) is 86.7 Å². The average Bonchev–Trinajstić information content (AvgIpc) is 3.39. The lowest BCUT2D eigenvalue weighted by Crippen LogP contribution is -2.06. The van der Waals surface area contributed by atoms with Crippen molar-refractivity contribution in [1.29, 1.82) is 0 Å². The SMILES string of the molecule is O=C(c1noc(-c2ccncn2)n1)c1c(Cl)n(Cc2ccc(Cl)cc2Cl)c2ccc(Cl)cc12. The van der Waals surface area contributed by atoms with Crippen molar-refractivity contribution in [2.45, 2.75) is 6.54 Å². The van der Waals surface area contributed by atoms with Gasteiger partial charge in [-0.25, -0.2) is 9.97 Å². The maximum Gasteiger partial charge on any atom is 0.277 e. The van der Waals surface area contributed by atoms with Crippen molar-refractivity contribution in [2.24, 2.45) is 0 Å². The lowest BCUT2D eigenvalue weighted by atomic mass is 10.1. The molecule has 7 nitrogen and oxygen atoms in total. The minimum atomic E-state index is -0.516. The van der Waals surface area contributed by atoms with Crippen molar-refractivity contribution < 1.29 is 9.32 Å². The van der Waals surface area contributed by atoms with Crippen molar-refractivity contribution in [2.75, 3.05) is 0 Å². The van der Waals surface area contributed by atoms with E-state index in [4.69, 9.17) is 50.9 Å². The van der Waals surface area contributed by atoms with Gasteiger partial charge in [-0.15, -0.1) is 0 Å². The van der Waals surface area contributed by atoms with Crippen molar-refractivity contribution in [3.05, 3.63) is 92.2 Å². The molecule has 0 fully saturated rings. The van der Waals surface area contributed by atoms with Gasteiger partial charge < -0.3 is 9.09 Å². The lowest BCUT2D eigenvalue weighted by molar-refractivity contribution is 0.102. The molecule has 0 radical (unpaired) electrons. The number of nitrogens with zero attached hydrogens (tertiary/aromatic N) is 5. The second-order valence-electron chi connectivity index (χ2n) is 7.00. The van der Waals surface area contributed by atoms with E-state index in [-0.39, 0.29) is 22.4 Å². The predicted molar refractivity (Wildman–Crippen MR) is 126 cm³/mol. The molecule has 5 aromatic rings. The zero-order chi connectivity index (χ0) is 23.1. The van der Waals surface area contributed by atoms with Gasteiger partial charge in [0.25, 0.3) is 5.89 Å². The summed E-state index contributed by atoms with van der Waals surface area (Å²) in [4.78, 5) is 25.5. The molecule has 0 spiro atoms. The Balaban J connectivity index is 1.61. The third-order valence-corrected chi connectivity index (χ3v) is 6.18. The standard InChI is InChI=1S/C22H11Cl4N5O2/c23-12-3-4-17-14(7-12)18(20(26)31(17)9-11-1-2-13(24)8-15(11)25)19(32)21-29-22(33-30-21)16-5-6-27-10-28-16/h1-8,10H,9H2. The van der Waals surface area contributed by atoms with Crippen LogP contribution in [0.2, 0.25) is 20.2 Å². The molecule has 5 rings (SSSR count). The number of fused-ring (bicyclic) bond motifs is 1. The van der Waals surface area contributed by atoms with Gasteiger partial charge in [-0.2, -0.15) is 4.98 Å². The number of halogens is 4. The number of aromatic nitrogens is 5. The molecule has 0 saturated heterocycles. The van der Waals surface area contributed by atoms with Crippen LogP contribution in [0, 0.1) is 0 Å². The highest BCUT2D eigenvalue weighted by atomic mass is 35.5. The van der Waals surface area contributed by atoms with E-state index in [0.29, 0.717) is 38.2 Å². The molecular weight excluding hydrogens is 508 g/mol. The predicted octanol–water partition coefficient (Wildman–Crippen LogP) is 6.37. The number of benzene rings is 2. The Morgan fingerprint density at radius 2 is 1.79 bits per heavy atom. The van der Waals surface area contributed by atoms with Crippen LogP contribution in [0.5, 0.6) is 0 Å². The van der Waals surface area contributed by atoms with Gasteiger partial charge in [0.05, 0.1) is 17.6 Å². The van der Waals surface area contributed by atoms with Gasteiger partial charge in [-0.1, -0.05) is 57.6 Å². The van der Waals surface area contributed by atoms with E-state index >= 15 is 0 Å². The Kier molecular flexibility index (Phi) is 5.80. The van der Waals surface area contributed by atoms with Crippen LogP contribution < -0.4 is 0 Å². The molecule has 0 bridgehead atoms. The molecule has 0 unspecified atom stereocenters. The fourth-order valence-corrected chi connectivity index (χ4v) is 4.41. The molecule has 11 heteroatoms. The Labute approximate surface area is 206 Å². The quantitative estimate of drug-likeness (QED) is 0.251. The van der Waals surface area contributed by atoms with Gasteiger partial charge in [0.15, 0.2) is 0 Å². The summed E-state index contributed by atoms with van der Waals surface area (Å²) in [5.74, 6) is -0.585. The molecule has 0 aliphatic rings. The second kappa shape index (κ2) is 8.76. The molecule has 2 aromatic carbocycles. The molecule has 0 aliphatic carbocycles. The molecule has 164 valence electrons. The van der Waals surface area contributed by atoms with E-state index in [9.17, 15) is 4.79 Å². The smallest absolute Gasteiger partial charge is 0.277 e. The summed E-state index contributed by atoms with van der Waals surface area (Å²) in [6.07, 6.45) is 2.87. The number of ketones is 1. The van der Waals surface area contributed by atoms with Crippen LogP contribution >= 0.6 is 46.4 Å². The van der Waals surface area contributed by atoms with Gasteiger partial charge >= 0.3 is 0 Å². The second-order valence-corrected chi connectivity index (χ2v) is 8.63. The Bertz CT molecular complexity index is 1510. The summed E-state index contributed by atoms with van der Waals surface area (Å²) in [6.45, 7) is 0.304. The van der Waals surface area contributed by atoms with E-state index in [1.807, 2.05) is 0 Å². The van der Waals surface area contributed by atoms with Crippen molar-refractivity contribution in [1.82, 2.24) is 24.7 Å². The first-order chi connectivity index (χ1) is 15.9. The molecule has 0 saturated carbocycles. The molecule has 0 amide bonds. The van der Waals surface area contributed by atoms with Crippen molar-refractivity contribution in [3.63, 3.8) is 0 Å². The molecule has 0 atom stereocenters. The van der Waals surface area contributed by atoms with Crippen LogP contribution in [-0.2, 0) is 6.54 Å². The first-order valence-electron chi connectivity index (χ1n) is 9.48. The van der Waals surface area contributed by atoms with Gasteiger partial charge in [-0.05, 0) is 42.0 Å². The monoisotopic (exact) mass is 517 g/mol. The summed E-state index contributed by atoms with van der Waals surface area (Å²) in [5.41, 5.74) is 2.07. The van der Waals surface area contributed by atoms with E-state index < -0.39 is 5.78 Å². The van der Waals surface area contributed by atoms with E-state index in [1.54, 1.807) is 47.0 Å². The number of carbonyl (C=O) groups excluding carboxylic acids is 1. The van der Waals surface area contributed by atoms with Crippen molar-refractivity contribution in [3.8, 4) is 11.6 Å². The highest BCUT2D eigenvalue weighted by Gasteiger charge is 2.27. The zero-order valence-corrected chi connectivity index (χ0v) is 19.5. The molecule has 3 aromatic heterocycles. The van der Waals surface area contributed by atoms with E-state index in [0.717, 1.165) is 5.56 Å². The minimum absolute atomic E-state index is 0.0894. The summed E-state index contributed by atoms with van der Waals surface area (Å²) in [5, 5.41) is 6.02. The fraction of sp³-hybridized carbons (Fsp3) is 0.0455. The number of carbonyl (C=O) groups is 1. The van der Waals surface area contributed by atoms with E-state index in [1.165, 1.54) is 12.5 Å². The van der Waals surface area contributed by atoms with Gasteiger partial charge in [0, 0.05) is 26.7 Å². The fourth-order valence-electron chi connectivity index (χ4n) is 3.44. The van der Waals surface area contributed by atoms with Crippen LogP contribution in [0.4, 0.5) is 0 Å². The average molecular weight is 519 g/mol. The molecule has 0 N–H and O–H groups in total. The third-order valence-electron chi connectivity index (χ3n) is 4.96. The van der Waals surface area contributed by atoms with Gasteiger partial charge in [0.1, 0.15) is 17.2 Å². The number of rotatable bonds is 5. The van der Waals surface area contributed by atoms with Crippen LogP contribution in [0.1, 0.15) is 21.7 Å². The summed E-state index contributed by atoms with van der Waals surface area (Å²) in [6, 6.07) is 12.0. The summed E-state index contributed by atoms with van der Waals surface area (Å²) in [7, 11) is 0. The third kappa shape index (κ3) is 4.09. The molecule has 0 aliphatic heterocycles.